The van der Waals surface area contributed by atoms with E-state index in [0.29, 0.717) is 6.04 Å². The third-order valence-electron chi connectivity index (χ3n) is 3.81. The van der Waals surface area contributed by atoms with E-state index in [1.807, 2.05) is 18.2 Å². The molecular weight excluding hydrogens is 280 g/mol. The molecule has 1 aliphatic rings. The minimum Gasteiger partial charge on any atom is -0.399 e. The number of hydrogen-bond acceptors (Lipinski definition) is 5. The average Bonchev–Trinajstić information content (AvgIpc) is 3.21. The van der Waals surface area contributed by atoms with E-state index in [1.54, 1.807) is 17.7 Å². The van der Waals surface area contributed by atoms with Gasteiger partial charge in [0.1, 0.15) is 12.1 Å². The zero-order valence-corrected chi connectivity index (χ0v) is 12.4. The van der Waals surface area contributed by atoms with Gasteiger partial charge in [-0.2, -0.15) is 0 Å². The van der Waals surface area contributed by atoms with Crippen molar-refractivity contribution in [1.82, 2.24) is 9.97 Å². The number of fused-ring (bicyclic) bond motifs is 1. The Bertz CT molecular complexity index is 765. The predicted octanol–water partition coefficient (Wildman–Crippen LogP) is 3.44. The molecule has 4 nitrogen and oxygen atoms in total. The molecule has 5 heteroatoms. The molecular formula is C16H16N4S. The summed E-state index contributed by atoms with van der Waals surface area (Å²) in [6.45, 7) is 0.915. The second kappa shape index (κ2) is 5.00. The first-order valence-electron chi connectivity index (χ1n) is 7.10. The second-order valence-electron chi connectivity index (χ2n) is 5.41. The van der Waals surface area contributed by atoms with Crippen LogP contribution >= 0.6 is 11.3 Å². The maximum Gasteiger partial charge on any atom is 0.140 e. The Balaban J connectivity index is 1.78. The average molecular weight is 296 g/mol. The van der Waals surface area contributed by atoms with Gasteiger partial charge in [-0.3, -0.25) is 0 Å². The summed E-state index contributed by atoms with van der Waals surface area (Å²) in [6, 6.07) is 10.7. The van der Waals surface area contributed by atoms with E-state index in [4.69, 9.17) is 5.73 Å². The number of anilines is 2. The number of hydrogen-bond donors (Lipinski definition) is 1. The first kappa shape index (κ1) is 12.6. The van der Waals surface area contributed by atoms with E-state index in [0.717, 1.165) is 29.0 Å². The fourth-order valence-electron chi connectivity index (χ4n) is 2.62. The summed E-state index contributed by atoms with van der Waals surface area (Å²) < 4.78 is 0. The highest BCUT2D eigenvalue weighted by molar-refractivity contribution is 7.09. The molecule has 0 saturated heterocycles. The van der Waals surface area contributed by atoms with E-state index < -0.39 is 0 Å². The summed E-state index contributed by atoms with van der Waals surface area (Å²) in [4.78, 5) is 12.7. The smallest absolute Gasteiger partial charge is 0.140 e. The number of nitrogen functional groups attached to an aromatic ring is 1. The third-order valence-corrected chi connectivity index (χ3v) is 4.67. The molecule has 0 unspecified atom stereocenters. The molecule has 106 valence electrons. The van der Waals surface area contributed by atoms with Gasteiger partial charge >= 0.3 is 0 Å². The second-order valence-corrected chi connectivity index (χ2v) is 6.44. The molecule has 2 aromatic heterocycles. The minimum absolute atomic E-state index is 0.600. The molecule has 1 aromatic carbocycles. The molecule has 21 heavy (non-hydrogen) atoms. The molecule has 4 rings (SSSR count). The SMILES string of the molecule is Nc1ccc2c(N(Cc3cccs3)C3CC3)ncnc2c1. The van der Waals surface area contributed by atoms with Crippen molar-refractivity contribution in [3.63, 3.8) is 0 Å². The molecule has 0 radical (unpaired) electrons. The van der Waals surface area contributed by atoms with Crippen molar-refractivity contribution in [3.05, 3.63) is 46.9 Å². The lowest BCUT2D eigenvalue weighted by atomic mass is 10.2. The van der Waals surface area contributed by atoms with Crippen LogP contribution in [0.3, 0.4) is 0 Å². The van der Waals surface area contributed by atoms with Crippen molar-refractivity contribution in [3.8, 4) is 0 Å². The van der Waals surface area contributed by atoms with Gasteiger partial charge in [-0.1, -0.05) is 6.07 Å². The van der Waals surface area contributed by atoms with Gasteiger partial charge in [0, 0.05) is 22.0 Å². The van der Waals surface area contributed by atoms with Crippen LogP contribution in [0.5, 0.6) is 0 Å². The Kier molecular flexibility index (Phi) is 3.00. The highest BCUT2D eigenvalue weighted by Gasteiger charge is 2.31. The molecule has 0 atom stereocenters. The van der Waals surface area contributed by atoms with Crippen molar-refractivity contribution in [2.45, 2.75) is 25.4 Å². The Hall–Kier alpha value is -2.14. The standard InChI is InChI=1S/C16H16N4S/c17-11-3-6-14-15(8-11)18-10-19-16(14)20(12-4-5-12)9-13-2-1-7-21-13/h1-3,6-8,10,12H,4-5,9,17H2. The zero-order chi connectivity index (χ0) is 14.2. The van der Waals surface area contributed by atoms with Crippen LogP contribution in [-0.2, 0) is 6.54 Å². The number of benzene rings is 1. The van der Waals surface area contributed by atoms with E-state index in [1.165, 1.54) is 17.7 Å². The molecule has 0 bridgehead atoms. The molecule has 1 saturated carbocycles. The lowest BCUT2D eigenvalue weighted by Crippen LogP contribution is -2.25. The first-order valence-corrected chi connectivity index (χ1v) is 7.98. The Labute approximate surface area is 127 Å². The summed E-state index contributed by atoms with van der Waals surface area (Å²) in [5, 5.41) is 3.20. The molecule has 1 aliphatic carbocycles. The van der Waals surface area contributed by atoms with Crippen LogP contribution in [0.15, 0.2) is 42.0 Å². The highest BCUT2D eigenvalue weighted by atomic mass is 32.1. The first-order chi connectivity index (χ1) is 10.3. The number of nitrogens with zero attached hydrogens (tertiary/aromatic N) is 3. The maximum atomic E-state index is 5.86. The highest BCUT2D eigenvalue weighted by Crippen LogP contribution is 2.35. The lowest BCUT2D eigenvalue weighted by molar-refractivity contribution is 0.789. The minimum atomic E-state index is 0.600. The van der Waals surface area contributed by atoms with Crippen molar-refractivity contribution < 1.29 is 0 Å². The van der Waals surface area contributed by atoms with E-state index in [-0.39, 0.29) is 0 Å². The van der Waals surface area contributed by atoms with Gasteiger partial charge in [0.05, 0.1) is 12.1 Å². The largest absolute Gasteiger partial charge is 0.399 e. The van der Waals surface area contributed by atoms with Gasteiger partial charge in [-0.05, 0) is 42.5 Å². The normalized spacial score (nSPS) is 14.5. The Morgan fingerprint density at radius 3 is 2.90 bits per heavy atom. The number of rotatable bonds is 4. The van der Waals surface area contributed by atoms with Crippen molar-refractivity contribution in [2.24, 2.45) is 0 Å². The van der Waals surface area contributed by atoms with Crippen LogP contribution in [0.4, 0.5) is 11.5 Å². The molecule has 3 aromatic rings. The summed E-state index contributed by atoms with van der Waals surface area (Å²) in [6.07, 6.45) is 4.12. The number of aromatic nitrogens is 2. The Morgan fingerprint density at radius 1 is 1.24 bits per heavy atom. The fraction of sp³-hybridized carbons (Fsp3) is 0.250. The van der Waals surface area contributed by atoms with Crippen LogP contribution in [0.25, 0.3) is 10.9 Å². The van der Waals surface area contributed by atoms with E-state index in [9.17, 15) is 0 Å². The summed E-state index contributed by atoms with van der Waals surface area (Å²) in [5.74, 6) is 1.02. The molecule has 2 heterocycles. The maximum absolute atomic E-state index is 5.86. The van der Waals surface area contributed by atoms with E-state index >= 15 is 0 Å². The number of nitrogens with two attached hydrogens (primary N) is 1. The van der Waals surface area contributed by atoms with Crippen LogP contribution in [-0.4, -0.2) is 16.0 Å². The quantitative estimate of drug-likeness (QED) is 0.749. The monoisotopic (exact) mass is 296 g/mol. The van der Waals surface area contributed by atoms with Gasteiger partial charge in [-0.15, -0.1) is 11.3 Å². The van der Waals surface area contributed by atoms with Crippen molar-refractivity contribution >= 4 is 33.7 Å². The summed E-state index contributed by atoms with van der Waals surface area (Å²) in [7, 11) is 0. The van der Waals surface area contributed by atoms with Crippen LogP contribution in [0.2, 0.25) is 0 Å². The van der Waals surface area contributed by atoms with Crippen LogP contribution in [0.1, 0.15) is 17.7 Å². The zero-order valence-electron chi connectivity index (χ0n) is 11.6. The molecule has 0 aliphatic heterocycles. The topological polar surface area (TPSA) is 55.0 Å². The molecule has 1 fully saturated rings. The van der Waals surface area contributed by atoms with E-state index in [2.05, 4.69) is 32.4 Å². The van der Waals surface area contributed by atoms with Gasteiger partial charge in [-0.25, -0.2) is 9.97 Å². The predicted molar refractivity (Wildman–Crippen MR) is 87.5 cm³/mol. The van der Waals surface area contributed by atoms with Crippen molar-refractivity contribution in [1.29, 1.82) is 0 Å². The van der Waals surface area contributed by atoms with Gasteiger partial charge in [0.2, 0.25) is 0 Å². The Morgan fingerprint density at radius 2 is 2.14 bits per heavy atom. The van der Waals surface area contributed by atoms with Crippen LogP contribution < -0.4 is 10.6 Å². The fourth-order valence-corrected chi connectivity index (χ4v) is 3.32. The molecule has 0 amide bonds. The van der Waals surface area contributed by atoms with Gasteiger partial charge < -0.3 is 10.6 Å². The third kappa shape index (κ3) is 2.45. The van der Waals surface area contributed by atoms with Gasteiger partial charge in [0.15, 0.2) is 0 Å². The molecule has 2 N–H and O–H groups in total. The summed E-state index contributed by atoms with van der Waals surface area (Å²) in [5.41, 5.74) is 7.51. The summed E-state index contributed by atoms with van der Waals surface area (Å²) >= 11 is 1.79. The van der Waals surface area contributed by atoms with Crippen molar-refractivity contribution in [2.75, 3.05) is 10.6 Å². The van der Waals surface area contributed by atoms with Crippen LogP contribution in [0, 0.1) is 0 Å². The number of thiophene rings is 1. The van der Waals surface area contributed by atoms with Gasteiger partial charge in [0.25, 0.3) is 0 Å². The lowest BCUT2D eigenvalue weighted by Gasteiger charge is -2.24. The molecule has 0 spiro atoms.